The van der Waals surface area contributed by atoms with Gasteiger partial charge in [0.15, 0.2) is 0 Å². The maximum absolute atomic E-state index is 12.2. The largest absolute Gasteiger partial charge is 0.346 e. The van der Waals surface area contributed by atoms with Crippen LogP contribution in [0.5, 0.6) is 0 Å². The van der Waals surface area contributed by atoms with Crippen LogP contribution in [0.4, 0.5) is 0 Å². The van der Waals surface area contributed by atoms with Gasteiger partial charge in [0.1, 0.15) is 0 Å². The first-order valence-electron chi connectivity index (χ1n) is 7.39. The van der Waals surface area contributed by atoms with Gasteiger partial charge in [-0.25, -0.2) is 13.1 Å². The van der Waals surface area contributed by atoms with E-state index in [2.05, 4.69) is 10.0 Å². The Balaban J connectivity index is 2.09. The van der Waals surface area contributed by atoms with Crippen LogP contribution in [0.25, 0.3) is 0 Å². The van der Waals surface area contributed by atoms with E-state index in [0.29, 0.717) is 12.1 Å². The van der Waals surface area contributed by atoms with Crippen LogP contribution in [0.1, 0.15) is 35.8 Å². The first kappa shape index (κ1) is 17.2. The van der Waals surface area contributed by atoms with Gasteiger partial charge in [-0.2, -0.15) is 0 Å². The molecule has 0 radical (unpaired) electrons. The maximum atomic E-state index is 12.2. The summed E-state index contributed by atoms with van der Waals surface area (Å²) in [4.78, 5) is 12.4. The lowest BCUT2D eigenvalue weighted by Gasteiger charge is -2.14. The zero-order valence-corrected chi connectivity index (χ0v) is 13.9. The first-order chi connectivity index (χ1) is 10.9. The monoisotopic (exact) mass is 332 g/mol. The quantitative estimate of drug-likeness (QED) is 0.853. The lowest BCUT2D eigenvalue weighted by atomic mass is 10.1. The third-order valence-corrected chi connectivity index (χ3v) is 4.97. The Bertz CT molecular complexity index is 756. The summed E-state index contributed by atoms with van der Waals surface area (Å²) < 4.78 is 26.1. The molecule has 0 spiro atoms. The standard InChI is InChI=1S/C17H20N2O3S/c1-3-18-23(21,22)16-11-9-15(10-12-16)17(20)19-13(2)14-7-5-4-6-8-14/h4-13,18H,3H2,1-2H3,(H,19,20)/t13-/m0/s1. The second-order valence-electron chi connectivity index (χ2n) is 5.13. The topological polar surface area (TPSA) is 75.3 Å². The van der Waals surface area contributed by atoms with Gasteiger partial charge >= 0.3 is 0 Å². The van der Waals surface area contributed by atoms with Gasteiger partial charge in [-0.15, -0.1) is 0 Å². The van der Waals surface area contributed by atoms with Crippen molar-refractivity contribution in [3.05, 3.63) is 65.7 Å². The number of benzene rings is 2. The molecule has 1 amide bonds. The smallest absolute Gasteiger partial charge is 0.251 e. The molecule has 2 aromatic rings. The fourth-order valence-electron chi connectivity index (χ4n) is 2.16. The molecular formula is C17H20N2O3S. The molecule has 0 bridgehead atoms. The minimum atomic E-state index is -3.50. The van der Waals surface area contributed by atoms with Crippen LogP contribution in [-0.4, -0.2) is 20.9 Å². The molecule has 0 aliphatic carbocycles. The van der Waals surface area contributed by atoms with Gasteiger partial charge in [-0.05, 0) is 36.8 Å². The van der Waals surface area contributed by atoms with Crippen LogP contribution in [0.3, 0.4) is 0 Å². The third-order valence-electron chi connectivity index (χ3n) is 3.41. The number of hydrogen-bond acceptors (Lipinski definition) is 3. The molecular weight excluding hydrogens is 312 g/mol. The molecule has 0 unspecified atom stereocenters. The second kappa shape index (κ2) is 7.39. The highest BCUT2D eigenvalue weighted by Crippen LogP contribution is 2.14. The van der Waals surface area contributed by atoms with E-state index in [0.717, 1.165) is 5.56 Å². The molecule has 122 valence electrons. The van der Waals surface area contributed by atoms with E-state index in [9.17, 15) is 13.2 Å². The Labute approximate surface area is 136 Å². The summed E-state index contributed by atoms with van der Waals surface area (Å²) >= 11 is 0. The van der Waals surface area contributed by atoms with Gasteiger partial charge in [0.2, 0.25) is 10.0 Å². The highest BCUT2D eigenvalue weighted by atomic mass is 32.2. The summed E-state index contributed by atoms with van der Waals surface area (Å²) in [6, 6.07) is 15.4. The van der Waals surface area contributed by atoms with Crippen LogP contribution in [-0.2, 0) is 10.0 Å². The maximum Gasteiger partial charge on any atom is 0.251 e. The number of amides is 1. The molecule has 2 N–H and O–H groups in total. The number of hydrogen-bond donors (Lipinski definition) is 2. The van der Waals surface area contributed by atoms with E-state index >= 15 is 0 Å². The second-order valence-corrected chi connectivity index (χ2v) is 6.90. The molecule has 0 aromatic heterocycles. The zero-order chi connectivity index (χ0) is 16.9. The van der Waals surface area contributed by atoms with Gasteiger partial charge < -0.3 is 5.32 Å². The minimum Gasteiger partial charge on any atom is -0.346 e. The molecule has 2 rings (SSSR count). The fraction of sp³-hybridized carbons (Fsp3) is 0.235. The molecule has 0 aliphatic heterocycles. The molecule has 1 atom stereocenters. The highest BCUT2D eigenvalue weighted by Gasteiger charge is 2.15. The van der Waals surface area contributed by atoms with E-state index in [1.165, 1.54) is 24.3 Å². The molecule has 23 heavy (non-hydrogen) atoms. The van der Waals surface area contributed by atoms with E-state index in [1.54, 1.807) is 6.92 Å². The molecule has 0 aliphatic rings. The molecule has 0 saturated carbocycles. The van der Waals surface area contributed by atoms with Gasteiger partial charge in [-0.3, -0.25) is 4.79 Å². The number of rotatable bonds is 6. The number of sulfonamides is 1. The number of carbonyl (C=O) groups is 1. The Morgan fingerprint density at radius 3 is 2.22 bits per heavy atom. The third kappa shape index (κ3) is 4.40. The Morgan fingerprint density at radius 1 is 1.04 bits per heavy atom. The number of nitrogens with one attached hydrogen (secondary N) is 2. The van der Waals surface area contributed by atoms with Crippen molar-refractivity contribution in [2.45, 2.75) is 24.8 Å². The molecule has 0 saturated heterocycles. The van der Waals surface area contributed by atoms with E-state index < -0.39 is 10.0 Å². The Morgan fingerprint density at radius 2 is 1.65 bits per heavy atom. The van der Waals surface area contributed by atoms with Crippen LogP contribution in [0, 0.1) is 0 Å². The molecule has 6 heteroatoms. The van der Waals surface area contributed by atoms with Crippen molar-refractivity contribution in [3.8, 4) is 0 Å². The van der Waals surface area contributed by atoms with Crippen molar-refractivity contribution in [3.63, 3.8) is 0 Å². The lowest BCUT2D eigenvalue weighted by molar-refractivity contribution is 0.0940. The Hall–Kier alpha value is -2.18. The van der Waals surface area contributed by atoms with Crippen molar-refractivity contribution >= 4 is 15.9 Å². The molecule has 5 nitrogen and oxygen atoms in total. The lowest BCUT2D eigenvalue weighted by Crippen LogP contribution is -2.27. The van der Waals surface area contributed by atoms with E-state index in [1.807, 2.05) is 37.3 Å². The fourth-order valence-corrected chi connectivity index (χ4v) is 3.20. The summed E-state index contributed by atoms with van der Waals surface area (Å²) in [6.07, 6.45) is 0. The summed E-state index contributed by atoms with van der Waals surface area (Å²) in [5.74, 6) is -0.242. The van der Waals surface area contributed by atoms with Crippen molar-refractivity contribution < 1.29 is 13.2 Å². The predicted molar refractivity (Wildman–Crippen MR) is 89.6 cm³/mol. The van der Waals surface area contributed by atoms with Crippen LogP contribution in [0.15, 0.2) is 59.5 Å². The summed E-state index contributed by atoms with van der Waals surface area (Å²) in [6.45, 7) is 3.93. The summed E-state index contributed by atoms with van der Waals surface area (Å²) in [5.41, 5.74) is 1.43. The molecule has 2 aromatic carbocycles. The van der Waals surface area contributed by atoms with Crippen LogP contribution < -0.4 is 10.0 Å². The zero-order valence-electron chi connectivity index (χ0n) is 13.1. The van der Waals surface area contributed by atoms with Gasteiger partial charge in [-0.1, -0.05) is 37.3 Å². The summed E-state index contributed by atoms with van der Waals surface area (Å²) in [7, 11) is -3.50. The van der Waals surface area contributed by atoms with Gasteiger partial charge in [0, 0.05) is 12.1 Å². The SMILES string of the molecule is CCNS(=O)(=O)c1ccc(C(=O)N[C@@H](C)c2ccccc2)cc1. The van der Waals surface area contributed by atoms with Crippen LogP contribution in [0.2, 0.25) is 0 Å². The normalized spacial score (nSPS) is 12.6. The predicted octanol–water partition coefficient (Wildman–Crippen LogP) is 2.48. The van der Waals surface area contributed by atoms with Crippen molar-refractivity contribution in [2.75, 3.05) is 6.54 Å². The first-order valence-corrected chi connectivity index (χ1v) is 8.88. The van der Waals surface area contributed by atoms with E-state index in [4.69, 9.17) is 0 Å². The minimum absolute atomic E-state index is 0.131. The van der Waals surface area contributed by atoms with Gasteiger partial charge in [0.25, 0.3) is 5.91 Å². The molecule has 0 heterocycles. The van der Waals surface area contributed by atoms with Crippen molar-refractivity contribution in [1.29, 1.82) is 0 Å². The average molecular weight is 332 g/mol. The van der Waals surface area contributed by atoms with Gasteiger partial charge in [0.05, 0.1) is 10.9 Å². The molecule has 0 fully saturated rings. The number of carbonyl (C=O) groups excluding carboxylic acids is 1. The van der Waals surface area contributed by atoms with Crippen molar-refractivity contribution in [2.24, 2.45) is 0 Å². The Kier molecular flexibility index (Phi) is 5.52. The summed E-state index contributed by atoms with van der Waals surface area (Å²) in [5, 5.41) is 2.89. The van der Waals surface area contributed by atoms with E-state index in [-0.39, 0.29) is 16.8 Å². The van der Waals surface area contributed by atoms with Crippen molar-refractivity contribution in [1.82, 2.24) is 10.0 Å². The van der Waals surface area contributed by atoms with Crippen LogP contribution >= 0.6 is 0 Å². The average Bonchev–Trinajstić information content (AvgIpc) is 2.55. The highest BCUT2D eigenvalue weighted by molar-refractivity contribution is 7.89.